The number of hydrogen-bond acceptors (Lipinski definition) is 2. The van der Waals surface area contributed by atoms with Crippen molar-refractivity contribution in [3.63, 3.8) is 0 Å². The van der Waals surface area contributed by atoms with E-state index in [1.165, 1.54) is 24.3 Å². The van der Waals surface area contributed by atoms with Crippen LogP contribution in [-0.2, 0) is 24.7 Å². The second-order valence-corrected chi connectivity index (χ2v) is 10.5. The smallest absolute Gasteiger partial charge is 0.192 e. The lowest BCUT2D eigenvalue weighted by atomic mass is 9.96. The lowest BCUT2D eigenvalue weighted by Gasteiger charge is -2.14. The minimum absolute atomic E-state index is 0.0217. The molecule has 3 rings (SSSR count). The van der Waals surface area contributed by atoms with Crippen LogP contribution < -0.4 is 0 Å². The van der Waals surface area contributed by atoms with Gasteiger partial charge in [-0.05, 0) is 82.9 Å². The van der Waals surface area contributed by atoms with Crippen molar-refractivity contribution in [2.45, 2.75) is 24.7 Å². The van der Waals surface area contributed by atoms with E-state index in [2.05, 4.69) is 31.9 Å². The largest absolute Gasteiger partial charge is 0.416 e. The van der Waals surface area contributed by atoms with Crippen molar-refractivity contribution in [2.24, 2.45) is 0 Å². The summed E-state index contributed by atoms with van der Waals surface area (Å²) in [6.07, 6.45) is -18.8. The zero-order valence-electron chi connectivity index (χ0n) is 21.0. The van der Waals surface area contributed by atoms with Crippen LogP contribution in [0, 0.1) is 22.7 Å². The Balaban J connectivity index is 2.16. The van der Waals surface area contributed by atoms with Crippen molar-refractivity contribution in [1.82, 2.24) is 0 Å². The van der Waals surface area contributed by atoms with Gasteiger partial charge in [0, 0.05) is 8.95 Å². The summed E-state index contributed by atoms with van der Waals surface area (Å²) in [7, 11) is 0. The number of nitriles is 2. The van der Waals surface area contributed by atoms with Crippen LogP contribution >= 0.6 is 31.9 Å². The van der Waals surface area contributed by atoms with Crippen molar-refractivity contribution in [2.75, 3.05) is 0 Å². The molecule has 0 radical (unpaired) electrons. The first kappa shape index (κ1) is 34.7. The van der Waals surface area contributed by atoms with Gasteiger partial charge in [0.25, 0.3) is 0 Å². The highest BCUT2D eigenvalue weighted by Gasteiger charge is 2.38. The zero-order valence-corrected chi connectivity index (χ0v) is 24.1. The summed E-state index contributed by atoms with van der Waals surface area (Å²) in [6, 6.07) is 6.67. The molecule has 0 saturated carbocycles. The van der Waals surface area contributed by atoms with Gasteiger partial charge in [-0.1, -0.05) is 31.9 Å². The third kappa shape index (κ3) is 8.24. The van der Waals surface area contributed by atoms with Gasteiger partial charge in [0.1, 0.15) is 0 Å². The summed E-state index contributed by atoms with van der Waals surface area (Å²) < 4.78 is 160. The van der Waals surface area contributed by atoms with Gasteiger partial charge in [-0.15, -0.1) is 0 Å². The Bertz CT molecular complexity index is 1550. The molecule has 2 nitrogen and oxygen atoms in total. The quantitative estimate of drug-likeness (QED) is 0.151. The predicted octanol–water partition coefficient (Wildman–Crippen LogP) is 11.4. The van der Waals surface area contributed by atoms with Gasteiger partial charge in [0.05, 0.1) is 45.5 Å². The molecular formula is C28H10Br2F12N2. The number of allylic oxidation sites excluding steroid dienone is 2. The summed E-state index contributed by atoms with van der Waals surface area (Å²) >= 11 is 6.21. The molecule has 44 heavy (non-hydrogen) atoms. The maximum atomic E-state index is 13.3. The minimum Gasteiger partial charge on any atom is -0.192 e. The molecule has 0 saturated heterocycles. The Hall–Kier alpha value is -3.76. The Morgan fingerprint density at radius 2 is 0.727 bits per heavy atom. The molecule has 0 heterocycles. The summed E-state index contributed by atoms with van der Waals surface area (Å²) in [6.45, 7) is 0. The summed E-state index contributed by atoms with van der Waals surface area (Å²) in [4.78, 5) is 0. The van der Waals surface area contributed by atoms with Crippen LogP contribution in [0.4, 0.5) is 52.7 Å². The van der Waals surface area contributed by atoms with E-state index in [1.54, 1.807) is 0 Å². The monoisotopic (exact) mass is 760 g/mol. The Kier molecular flexibility index (Phi) is 9.73. The normalized spacial score (nSPS) is 13.5. The summed E-state index contributed by atoms with van der Waals surface area (Å²) in [5.41, 5.74) is -9.22. The first-order valence-electron chi connectivity index (χ1n) is 11.4. The van der Waals surface area contributed by atoms with E-state index in [0.29, 0.717) is 24.3 Å². The van der Waals surface area contributed by atoms with Gasteiger partial charge in [0.15, 0.2) is 0 Å². The van der Waals surface area contributed by atoms with E-state index in [9.17, 15) is 63.2 Å². The van der Waals surface area contributed by atoms with Gasteiger partial charge in [-0.25, -0.2) is 0 Å². The van der Waals surface area contributed by atoms with E-state index >= 15 is 0 Å². The van der Waals surface area contributed by atoms with Gasteiger partial charge in [-0.2, -0.15) is 63.2 Å². The number of halogens is 14. The number of alkyl halides is 12. The van der Waals surface area contributed by atoms with Crippen LogP contribution in [0.3, 0.4) is 0 Å². The highest BCUT2D eigenvalue weighted by atomic mass is 79.9. The fourth-order valence-electron chi connectivity index (χ4n) is 3.69. The number of nitrogens with zero attached hydrogens (tertiary/aromatic N) is 2. The molecule has 16 heteroatoms. The van der Waals surface area contributed by atoms with E-state index in [-0.39, 0.29) is 32.2 Å². The number of rotatable bonds is 4. The van der Waals surface area contributed by atoms with Crippen LogP contribution in [0.1, 0.15) is 44.5 Å². The number of hydrogen-bond donors (Lipinski definition) is 0. The maximum absolute atomic E-state index is 13.3. The van der Waals surface area contributed by atoms with E-state index in [1.807, 2.05) is 0 Å². The fraction of sp³-hybridized carbons (Fsp3) is 0.143. The van der Waals surface area contributed by atoms with Crippen LogP contribution in [0.15, 0.2) is 57.5 Å². The molecule has 0 aliphatic carbocycles. The molecule has 0 spiro atoms. The molecule has 0 aromatic heterocycles. The van der Waals surface area contributed by atoms with E-state index < -0.39 is 69.2 Å². The molecule has 0 atom stereocenters. The van der Waals surface area contributed by atoms with Crippen molar-refractivity contribution < 1.29 is 52.7 Å². The molecule has 0 amide bonds. The van der Waals surface area contributed by atoms with Gasteiger partial charge < -0.3 is 0 Å². The van der Waals surface area contributed by atoms with Crippen LogP contribution in [0.5, 0.6) is 0 Å². The van der Waals surface area contributed by atoms with E-state index in [0.717, 1.165) is 12.2 Å². The lowest BCUT2D eigenvalue weighted by Crippen LogP contribution is -2.11. The van der Waals surface area contributed by atoms with Gasteiger partial charge >= 0.3 is 24.7 Å². The van der Waals surface area contributed by atoms with Crippen LogP contribution in [0.25, 0.3) is 23.3 Å². The van der Waals surface area contributed by atoms with Gasteiger partial charge in [0.2, 0.25) is 0 Å². The molecule has 3 aromatic carbocycles. The molecule has 0 aliphatic rings. The highest BCUT2D eigenvalue weighted by molar-refractivity contribution is 9.11. The van der Waals surface area contributed by atoms with Crippen molar-refractivity contribution in [3.05, 3.63) is 102 Å². The average molecular weight is 762 g/mol. The SMILES string of the molecule is N#C/C(=C\c1cc(Br)c(/C=C(\C#N)c2cc(C(F)(F)F)cc(C(F)(F)F)c2)cc1Br)c1cc(C(F)(F)F)cc(C(F)(F)F)c1. The Morgan fingerprint density at radius 1 is 0.477 bits per heavy atom. The van der Waals surface area contributed by atoms with Crippen LogP contribution in [0.2, 0.25) is 0 Å². The van der Waals surface area contributed by atoms with Gasteiger partial charge in [-0.3, -0.25) is 0 Å². The molecule has 230 valence electrons. The Labute approximate surface area is 256 Å². The predicted molar refractivity (Wildman–Crippen MR) is 142 cm³/mol. The Morgan fingerprint density at radius 3 is 0.932 bits per heavy atom. The standard InChI is InChI=1S/C28H10Br2F12N2/c29-23-8-16(2-18(12-44)14-5-21(27(37,38)39)10-22(6-14)28(40,41)42)24(30)7-15(23)1-17(11-43)13-3-19(25(31,32)33)9-20(4-13)26(34,35)36/h1-10H/b17-1+,18-2+. The topological polar surface area (TPSA) is 47.6 Å². The minimum atomic E-state index is -5.17. The second-order valence-electron chi connectivity index (χ2n) is 8.82. The molecule has 0 unspecified atom stereocenters. The lowest BCUT2D eigenvalue weighted by molar-refractivity contribution is -0.144. The summed E-state index contributed by atoms with van der Waals surface area (Å²) in [5.74, 6) is 0. The molecule has 3 aromatic rings. The highest BCUT2D eigenvalue weighted by Crippen LogP contribution is 2.40. The second kappa shape index (κ2) is 12.3. The summed E-state index contributed by atoms with van der Waals surface area (Å²) in [5, 5.41) is 19.1. The third-order valence-electron chi connectivity index (χ3n) is 5.75. The first-order valence-corrected chi connectivity index (χ1v) is 13.0. The van der Waals surface area contributed by atoms with Crippen molar-refractivity contribution in [1.29, 1.82) is 10.5 Å². The first-order chi connectivity index (χ1) is 20.0. The molecule has 0 bridgehead atoms. The van der Waals surface area contributed by atoms with E-state index in [4.69, 9.17) is 0 Å². The fourth-order valence-corrected chi connectivity index (χ4v) is 4.64. The molecule has 0 aliphatic heterocycles. The zero-order chi connectivity index (χ0) is 33.4. The van der Waals surface area contributed by atoms with Crippen LogP contribution in [-0.4, -0.2) is 0 Å². The number of benzene rings is 3. The van der Waals surface area contributed by atoms with Crippen molar-refractivity contribution >= 4 is 55.2 Å². The van der Waals surface area contributed by atoms with Crippen molar-refractivity contribution in [3.8, 4) is 12.1 Å². The molecule has 0 fully saturated rings. The molecular weight excluding hydrogens is 752 g/mol. The maximum Gasteiger partial charge on any atom is 0.416 e. The average Bonchev–Trinajstić information content (AvgIpc) is 2.90. The molecule has 0 N–H and O–H groups in total. The third-order valence-corrected chi connectivity index (χ3v) is 7.13.